The Morgan fingerprint density at radius 3 is 1.17 bits per heavy atom. The van der Waals surface area contributed by atoms with Gasteiger partial charge in [0.2, 0.25) is 0 Å². The summed E-state index contributed by atoms with van der Waals surface area (Å²) in [5.74, 6) is -0.0207. The van der Waals surface area contributed by atoms with Crippen LogP contribution in [0.15, 0.2) is 121 Å². The van der Waals surface area contributed by atoms with Crippen molar-refractivity contribution in [1.29, 1.82) is 0 Å². The number of carbonyl (C=O) groups is 2. The highest BCUT2D eigenvalue weighted by Crippen LogP contribution is 2.70. The Morgan fingerprint density at radius 1 is 0.472 bits per heavy atom. The highest BCUT2D eigenvalue weighted by molar-refractivity contribution is 6.30. The van der Waals surface area contributed by atoms with Gasteiger partial charge in [-0.1, -0.05) is 121 Å². The minimum absolute atomic E-state index is 0.0207. The molecule has 2 bridgehead atoms. The molecule has 7 rings (SSSR count). The summed E-state index contributed by atoms with van der Waals surface area (Å²) >= 11 is 0. The van der Waals surface area contributed by atoms with Gasteiger partial charge in [-0.05, 0) is 33.4 Å². The van der Waals surface area contributed by atoms with Gasteiger partial charge < -0.3 is 9.47 Å². The van der Waals surface area contributed by atoms with Crippen LogP contribution in [-0.4, -0.2) is 24.1 Å². The van der Waals surface area contributed by atoms with Crippen LogP contribution < -0.4 is 0 Å². The van der Waals surface area contributed by atoms with Crippen molar-refractivity contribution in [3.8, 4) is 0 Å². The minimum Gasteiger partial charge on any atom is -0.425 e. The summed E-state index contributed by atoms with van der Waals surface area (Å²) in [4.78, 5) is 27.9. The smallest absolute Gasteiger partial charge is 0.425 e. The van der Waals surface area contributed by atoms with Crippen LogP contribution in [0, 0.1) is 0 Å². The summed E-state index contributed by atoms with van der Waals surface area (Å²) in [6.45, 7) is 0. The van der Waals surface area contributed by atoms with Gasteiger partial charge in [0, 0.05) is 0 Å². The van der Waals surface area contributed by atoms with Gasteiger partial charge in [0.25, 0.3) is 0 Å². The van der Waals surface area contributed by atoms with E-state index >= 15 is 4.79 Å². The Kier molecular flexibility index (Phi) is 4.37. The molecule has 3 aliphatic rings. The van der Waals surface area contributed by atoms with Gasteiger partial charge in [-0.25, -0.2) is 4.79 Å². The lowest BCUT2D eigenvalue weighted by Gasteiger charge is -2.38. The predicted octanol–water partition coefficient (Wildman–Crippen LogP) is 5.97. The highest BCUT2D eigenvalue weighted by Gasteiger charge is 2.81. The molecular weight excluding hydrogens is 448 g/mol. The zero-order chi connectivity index (χ0) is 24.3. The molecule has 0 spiro atoms. The van der Waals surface area contributed by atoms with Crippen LogP contribution >= 0.6 is 0 Å². The van der Waals surface area contributed by atoms with Crippen molar-refractivity contribution in [3.05, 3.63) is 144 Å². The Morgan fingerprint density at radius 2 is 0.806 bits per heavy atom. The molecule has 174 valence electrons. The van der Waals surface area contributed by atoms with E-state index in [0.29, 0.717) is 0 Å². The first-order valence-electron chi connectivity index (χ1n) is 12.1. The second kappa shape index (κ2) is 7.53. The molecular formula is C32H22O4. The maximum absolute atomic E-state index is 15.2. The zero-order valence-electron chi connectivity index (χ0n) is 19.3. The van der Waals surface area contributed by atoms with Gasteiger partial charge in [-0.15, -0.1) is 0 Å². The van der Waals surface area contributed by atoms with E-state index in [1.165, 1.54) is 0 Å². The van der Waals surface area contributed by atoms with Gasteiger partial charge in [0.1, 0.15) is 10.8 Å². The van der Waals surface area contributed by atoms with Gasteiger partial charge in [-0.2, -0.15) is 0 Å². The van der Waals surface area contributed by atoms with Crippen LogP contribution in [0.4, 0.5) is 4.79 Å². The number of Topliss-reactive ketones (excluding diaryl/α,β-unsaturated/α-hetero) is 1. The molecule has 2 fully saturated rings. The van der Waals surface area contributed by atoms with Crippen molar-refractivity contribution in [2.24, 2.45) is 0 Å². The monoisotopic (exact) mass is 470 g/mol. The van der Waals surface area contributed by atoms with E-state index in [0.717, 1.165) is 33.4 Å². The number of rotatable bonds is 4. The van der Waals surface area contributed by atoms with Crippen molar-refractivity contribution in [1.82, 2.24) is 0 Å². The summed E-state index contributed by atoms with van der Waals surface area (Å²) in [7, 11) is 0. The first kappa shape index (κ1) is 20.9. The van der Waals surface area contributed by atoms with Crippen LogP contribution in [0.5, 0.6) is 0 Å². The number of hydrogen-bond donors (Lipinski definition) is 0. The highest BCUT2D eigenvalue weighted by atomic mass is 16.8. The quantitative estimate of drug-likeness (QED) is 0.345. The standard InChI is InChI=1S/C32H22O4/c33-29-31(23-17-9-3-10-18-23)25(21-13-5-1-6-14-21)26(22-15-7-2-8-16-22)32(29,24-19-11-4-12-20-24)28-27(31)35-30(34)36-28/h1-20,27-28H/t27-,28+,31+,32-. The largest absolute Gasteiger partial charge is 0.509 e. The summed E-state index contributed by atoms with van der Waals surface area (Å²) in [5.41, 5.74) is 2.74. The number of carbonyl (C=O) groups excluding carboxylic acids is 2. The van der Waals surface area contributed by atoms with Gasteiger partial charge in [0.05, 0.1) is 0 Å². The molecule has 4 atom stereocenters. The number of ketones is 1. The molecule has 36 heavy (non-hydrogen) atoms. The lowest BCUT2D eigenvalue weighted by atomic mass is 9.65. The SMILES string of the molecule is O=C1O[C@@H]2[C@H](O1)[C@]1(c3ccccc3)C(=O)[C@@]2(c2ccccc2)C(c2ccccc2)=C1c1ccccc1. The summed E-state index contributed by atoms with van der Waals surface area (Å²) in [6, 6.07) is 39.3. The van der Waals surface area contributed by atoms with Crippen LogP contribution in [0.3, 0.4) is 0 Å². The molecule has 4 nitrogen and oxygen atoms in total. The minimum atomic E-state index is -1.22. The Bertz CT molecular complexity index is 1400. The second-order valence-corrected chi connectivity index (χ2v) is 9.49. The molecule has 0 radical (unpaired) electrons. The van der Waals surface area contributed by atoms with E-state index in [-0.39, 0.29) is 5.78 Å². The maximum Gasteiger partial charge on any atom is 0.509 e. The topological polar surface area (TPSA) is 52.6 Å². The Labute approximate surface area is 208 Å². The normalized spacial score (nSPS) is 28.1. The third-order valence-corrected chi connectivity index (χ3v) is 7.91. The predicted molar refractivity (Wildman–Crippen MR) is 136 cm³/mol. The van der Waals surface area contributed by atoms with Crippen molar-refractivity contribution in [2.75, 3.05) is 0 Å². The lowest BCUT2D eigenvalue weighted by Crippen LogP contribution is -2.45. The van der Waals surface area contributed by atoms with E-state index in [9.17, 15) is 4.79 Å². The van der Waals surface area contributed by atoms with Gasteiger partial charge >= 0.3 is 6.16 Å². The molecule has 0 amide bonds. The van der Waals surface area contributed by atoms with Gasteiger partial charge in [0.15, 0.2) is 18.0 Å². The van der Waals surface area contributed by atoms with Crippen LogP contribution in [0.1, 0.15) is 22.3 Å². The van der Waals surface area contributed by atoms with Crippen LogP contribution in [-0.2, 0) is 25.1 Å². The number of ether oxygens (including phenoxy) is 2. The van der Waals surface area contributed by atoms with Crippen molar-refractivity contribution in [2.45, 2.75) is 23.0 Å². The van der Waals surface area contributed by atoms with E-state index in [1.807, 2.05) is 121 Å². The summed E-state index contributed by atoms with van der Waals surface area (Å²) in [6.07, 6.45) is -2.31. The van der Waals surface area contributed by atoms with Crippen molar-refractivity contribution >= 4 is 23.1 Å². The molecule has 0 aromatic heterocycles. The van der Waals surface area contributed by atoms with E-state index in [4.69, 9.17) is 9.47 Å². The molecule has 0 N–H and O–H groups in total. The Hall–Kier alpha value is -4.44. The molecule has 0 unspecified atom stereocenters. The first-order valence-corrected chi connectivity index (χ1v) is 12.1. The lowest BCUT2D eigenvalue weighted by molar-refractivity contribution is -0.124. The van der Waals surface area contributed by atoms with Crippen molar-refractivity contribution in [3.63, 3.8) is 0 Å². The molecule has 4 aromatic carbocycles. The molecule has 2 aliphatic carbocycles. The number of fused-ring (bicyclic) bond motifs is 5. The summed E-state index contributed by atoms with van der Waals surface area (Å²) in [5, 5.41) is 0. The molecule has 1 heterocycles. The van der Waals surface area contributed by atoms with E-state index in [1.54, 1.807) is 0 Å². The fraction of sp³-hybridized carbons (Fsp3) is 0.125. The Balaban J connectivity index is 1.70. The fourth-order valence-electron chi connectivity index (χ4n) is 6.70. The zero-order valence-corrected chi connectivity index (χ0v) is 19.3. The molecule has 4 aromatic rings. The van der Waals surface area contributed by atoms with E-state index in [2.05, 4.69) is 0 Å². The number of benzene rings is 4. The molecule has 1 saturated heterocycles. The molecule has 1 saturated carbocycles. The van der Waals surface area contributed by atoms with Crippen molar-refractivity contribution < 1.29 is 19.1 Å². The molecule has 1 aliphatic heterocycles. The average molecular weight is 471 g/mol. The maximum atomic E-state index is 15.2. The average Bonchev–Trinajstić information content (AvgIpc) is 3.51. The first-order chi connectivity index (χ1) is 17.7. The van der Waals surface area contributed by atoms with Crippen LogP contribution in [0.25, 0.3) is 11.1 Å². The summed E-state index contributed by atoms with van der Waals surface area (Å²) < 4.78 is 11.8. The van der Waals surface area contributed by atoms with E-state index < -0.39 is 29.2 Å². The second-order valence-electron chi connectivity index (χ2n) is 9.49. The van der Waals surface area contributed by atoms with Crippen LogP contribution in [0.2, 0.25) is 0 Å². The number of hydrogen-bond acceptors (Lipinski definition) is 4. The van der Waals surface area contributed by atoms with Gasteiger partial charge in [-0.3, -0.25) is 4.79 Å². The fourth-order valence-corrected chi connectivity index (χ4v) is 6.70. The third kappa shape index (κ3) is 2.43. The third-order valence-electron chi connectivity index (χ3n) is 7.91. The molecule has 4 heteroatoms.